The van der Waals surface area contributed by atoms with Gasteiger partial charge in [0.2, 0.25) is 0 Å². The molecule has 0 bridgehead atoms. The largest absolute Gasteiger partial charge is 0.378 e. The quantitative estimate of drug-likeness (QED) is 0.551. The summed E-state index contributed by atoms with van der Waals surface area (Å²) in [5.74, 6) is -0.854. The summed E-state index contributed by atoms with van der Waals surface area (Å²) < 4.78 is 7.03. The number of carbonyl (C=O) groups excluding carboxylic acids is 2. The fourth-order valence-electron chi connectivity index (χ4n) is 3.45. The van der Waals surface area contributed by atoms with Crippen molar-refractivity contribution in [3.8, 4) is 5.69 Å². The van der Waals surface area contributed by atoms with Gasteiger partial charge in [0, 0.05) is 18.1 Å². The number of hydrazine groups is 1. The van der Waals surface area contributed by atoms with Crippen LogP contribution in [0.2, 0.25) is 5.02 Å². The van der Waals surface area contributed by atoms with Gasteiger partial charge in [0.1, 0.15) is 4.88 Å². The van der Waals surface area contributed by atoms with E-state index in [9.17, 15) is 9.59 Å². The highest BCUT2D eigenvalue weighted by Gasteiger charge is 2.22. The Balaban J connectivity index is 1.45. The zero-order valence-electron chi connectivity index (χ0n) is 17.7. The molecule has 0 saturated carbocycles. The van der Waals surface area contributed by atoms with Crippen LogP contribution in [0, 0.1) is 6.92 Å². The van der Waals surface area contributed by atoms with Crippen LogP contribution in [-0.2, 0) is 11.2 Å². The number of anilines is 1. The molecule has 0 aliphatic carbocycles. The molecule has 4 rings (SSSR count). The molecular weight excluding hydrogens is 452 g/mol. The van der Waals surface area contributed by atoms with E-state index in [4.69, 9.17) is 16.3 Å². The number of nitrogens with one attached hydrogen (secondary N) is 2. The molecule has 9 nitrogen and oxygen atoms in total. The number of aryl methyl sites for hydroxylation is 1. The zero-order valence-corrected chi connectivity index (χ0v) is 19.3. The second kappa shape index (κ2) is 9.68. The van der Waals surface area contributed by atoms with Crippen molar-refractivity contribution in [2.24, 2.45) is 0 Å². The van der Waals surface area contributed by atoms with Gasteiger partial charge in [0.05, 0.1) is 42.0 Å². The van der Waals surface area contributed by atoms with Crippen LogP contribution in [0.3, 0.4) is 0 Å². The molecule has 2 amide bonds. The lowest BCUT2D eigenvalue weighted by molar-refractivity contribution is 0.0848. The molecule has 2 aromatic heterocycles. The second-order valence-corrected chi connectivity index (χ2v) is 8.58. The van der Waals surface area contributed by atoms with E-state index in [2.05, 4.69) is 25.8 Å². The van der Waals surface area contributed by atoms with Crippen molar-refractivity contribution in [1.82, 2.24) is 25.6 Å². The molecule has 3 heterocycles. The van der Waals surface area contributed by atoms with Gasteiger partial charge in [0.15, 0.2) is 5.13 Å². The monoisotopic (exact) mass is 474 g/mol. The molecular formula is C21H23ClN6O3S. The Morgan fingerprint density at radius 1 is 1.22 bits per heavy atom. The number of rotatable bonds is 5. The fraction of sp³-hybridized carbons (Fsp3) is 0.333. The lowest BCUT2D eigenvalue weighted by atomic mass is 10.2. The summed E-state index contributed by atoms with van der Waals surface area (Å²) in [5, 5.41) is 5.69. The average Bonchev–Trinajstić information content (AvgIpc) is 3.41. The van der Waals surface area contributed by atoms with Crippen molar-refractivity contribution in [3.05, 3.63) is 57.3 Å². The zero-order chi connectivity index (χ0) is 22.7. The Morgan fingerprint density at radius 3 is 2.69 bits per heavy atom. The first-order valence-corrected chi connectivity index (χ1v) is 11.4. The summed E-state index contributed by atoms with van der Waals surface area (Å²) in [4.78, 5) is 32.5. The van der Waals surface area contributed by atoms with Gasteiger partial charge < -0.3 is 9.64 Å². The summed E-state index contributed by atoms with van der Waals surface area (Å²) in [6, 6.07) is 7.23. The Morgan fingerprint density at radius 2 is 1.97 bits per heavy atom. The van der Waals surface area contributed by atoms with Crippen LogP contribution < -0.4 is 15.8 Å². The number of aromatic nitrogens is 3. The third kappa shape index (κ3) is 4.62. The minimum atomic E-state index is -0.445. The number of carbonyl (C=O) groups is 2. The Bertz CT molecular complexity index is 1140. The van der Waals surface area contributed by atoms with Crippen molar-refractivity contribution in [3.63, 3.8) is 0 Å². The van der Waals surface area contributed by atoms with Crippen LogP contribution in [0.25, 0.3) is 5.69 Å². The van der Waals surface area contributed by atoms with Gasteiger partial charge in [-0.3, -0.25) is 20.4 Å². The number of benzene rings is 1. The predicted molar refractivity (Wildman–Crippen MR) is 123 cm³/mol. The van der Waals surface area contributed by atoms with E-state index in [1.54, 1.807) is 23.7 Å². The topological polar surface area (TPSA) is 101 Å². The first kappa shape index (κ1) is 22.3. The normalized spacial score (nSPS) is 13.8. The minimum Gasteiger partial charge on any atom is -0.378 e. The molecule has 1 aromatic carbocycles. The molecule has 0 spiro atoms. The van der Waals surface area contributed by atoms with E-state index in [0.717, 1.165) is 23.9 Å². The van der Waals surface area contributed by atoms with Gasteiger partial charge in [-0.05, 0) is 31.5 Å². The maximum atomic E-state index is 12.8. The molecule has 1 fully saturated rings. The number of halogens is 1. The summed E-state index contributed by atoms with van der Waals surface area (Å²) in [6.45, 7) is 6.46. The molecule has 2 N–H and O–H groups in total. The number of nitrogens with zero attached hydrogens (tertiary/aromatic N) is 4. The number of hydrogen-bond acceptors (Lipinski definition) is 7. The Kier molecular flexibility index (Phi) is 6.73. The minimum absolute atomic E-state index is 0.378. The molecule has 32 heavy (non-hydrogen) atoms. The first-order valence-electron chi connectivity index (χ1n) is 10.2. The van der Waals surface area contributed by atoms with Crippen LogP contribution in [-0.4, -0.2) is 52.9 Å². The van der Waals surface area contributed by atoms with Crippen LogP contribution in [0.15, 0.2) is 30.5 Å². The van der Waals surface area contributed by atoms with Gasteiger partial charge in [-0.25, -0.2) is 9.67 Å². The maximum Gasteiger partial charge on any atom is 0.281 e. The molecule has 3 aromatic rings. The summed E-state index contributed by atoms with van der Waals surface area (Å²) in [5.41, 5.74) is 7.45. The second-order valence-electron chi connectivity index (χ2n) is 7.17. The van der Waals surface area contributed by atoms with Gasteiger partial charge >= 0.3 is 0 Å². The Labute approximate surface area is 194 Å². The first-order chi connectivity index (χ1) is 15.5. The molecule has 1 saturated heterocycles. The molecule has 11 heteroatoms. The molecule has 1 aliphatic heterocycles. The summed E-state index contributed by atoms with van der Waals surface area (Å²) >= 11 is 7.38. The van der Waals surface area contributed by atoms with Crippen molar-refractivity contribution < 1.29 is 14.3 Å². The van der Waals surface area contributed by atoms with E-state index in [1.165, 1.54) is 17.5 Å². The number of hydrogen-bond donors (Lipinski definition) is 2. The number of thiazole rings is 1. The highest BCUT2D eigenvalue weighted by atomic mass is 35.5. The molecule has 168 valence electrons. The van der Waals surface area contributed by atoms with E-state index in [1.807, 2.05) is 19.1 Å². The third-order valence-electron chi connectivity index (χ3n) is 5.06. The SMILES string of the molecule is CCc1c(C(=O)NNC(=O)c2sc(N3CCOCC3)nc2C)cnn1-c1cccc(Cl)c1. The fourth-order valence-corrected chi connectivity index (χ4v) is 4.65. The van der Waals surface area contributed by atoms with Gasteiger partial charge in [-0.1, -0.05) is 35.9 Å². The summed E-state index contributed by atoms with van der Waals surface area (Å²) in [6.07, 6.45) is 2.05. The van der Waals surface area contributed by atoms with E-state index in [-0.39, 0.29) is 0 Å². The van der Waals surface area contributed by atoms with E-state index in [0.29, 0.717) is 46.5 Å². The van der Waals surface area contributed by atoms with Gasteiger partial charge in [-0.15, -0.1) is 0 Å². The number of ether oxygens (including phenoxy) is 1. The van der Waals surface area contributed by atoms with Crippen molar-refractivity contribution in [2.75, 3.05) is 31.2 Å². The van der Waals surface area contributed by atoms with Gasteiger partial charge in [0.25, 0.3) is 11.8 Å². The number of morpholine rings is 1. The standard InChI is InChI=1S/C21H23ClN6O3S/c1-3-17-16(12-23-28(17)15-6-4-5-14(22)11-15)19(29)25-26-20(30)18-13(2)24-21(32-18)27-7-9-31-10-8-27/h4-6,11-12H,3,7-10H2,1-2H3,(H,25,29)(H,26,30). The Hall–Kier alpha value is -2.95. The lowest BCUT2D eigenvalue weighted by Gasteiger charge is -2.25. The predicted octanol–water partition coefficient (Wildman–Crippen LogP) is 2.76. The molecule has 1 aliphatic rings. The van der Waals surface area contributed by atoms with Crippen LogP contribution >= 0.6 is 22.9 Å². The third-order valence-corrected chi connectivity index (χ3v) is 6.52. The van der Waals surface area contributed by atoms with Crippen LogP contribution in [0.1, 0.15) is 38.3 Å². The average molecular weight is 475 g/mol. The van der Waals surface area contributed by atoms with E-state index < -0.39 is 11.8 Å². The highest BCUT2D eigenvalue weighted by Crippen LogP contribution is 2.26. The van der Waals surface area contributed by atoms with Gasteiger partial charge in [-0.2, -0.15) is 5.10 Å². The van der Waals surface area contributed by atoms with E-state index >= 15 is 0 Å². The number of amides is 2. The molecule has 0 atom stereocenters. The highest BCUT2D eigenvalue weighted by molar-refractivity contribution is 7.17. The maximum absolute atomic E-state index is 12.8. The molecule has 0 radical (unpaired) electrons. The molecule has 0 unspecified atom stereocenters. The lowest BCUT2D eigenvalue weighted by Crippen LogP contribution is -2.41. The van der Waals surface area contributed by atoms with Crippen molar-refractivity contribution in [1.29, 1.82) is 0 Å². The smallest absolute Gasteiger partial charge is 0.281 e. The van der Waals surface area contributed by atoms with Crippen molar-refractivity contribution in [2.45, 2.75) is 20.3 Å². The van der Waals surface area contributed by atoms with Crippen LogP contribution in [0.5, 0.6) is 0 Å². The van der Waals surface area contributed by atoms with Crippen LogP contribution in [0.4, 0.5) is 5.13 Å². The van der Waals surface area contributed by atoms with Crippen molar-refractivity contribution >= 4 is 39.9 Å². The summed E-state index contributed by atoms with van der Waals surface area (Å²) in [7, 11) is 0.